The number of carboxylic acid groups (broad SMARTS) is 1. The van der Waals surface area contributed by atoms with Crippen LogP contribution in [0.25, 0.3) is 0 Å². The Labute approximate surface area is 131 Å². The van der Waals surface area contributed by atoms with Crippen LogP contribution in [0.3, 0.4) is 0 Å². The molecule has 116 valence electrons. The highest BCUT2D eigenvalue weighted by molar-refractivity contribution is 7.98. The number of nitrogens with one attached hydrogen (secondary N) is 1. The summed E-state index contributed by atoms with van der Waals surface area (Å²) in [5.41, 5.74) is 1.04. The van der Waals surface area contributed by atoms with E-state index in [-0.39, 0.29) is 19.1 Å². The van der Waals surface area contributed by atoms with Gasteiger partial charge in [-0.25, -0.2) is 4.98 Å². The fourth-order valence-corrected chi connectivity index (χ4v) is 3.58. The Morgan fingerprint density at radius 2 is 2.38 bits per heavy atom. The van der Waals surface area contributed by atoms with E-state index in [2.05, 4.69) is 10.3 Å². The van der Waals surface area contributed by atoms with Crippen molar-refractivity contribution >= 4 is 35.0 Å². The molecule has 2 rings (SSSR count). The summed E-state index contributed by atoms with van der Waals surface area (Å²) in [4.78, 5) is 27.1. The first-order chi connectivity index (χ1) is 10.1. The number of aliphatic carboxylic acids is 1. The van der Waals surface area contributed by atoms with Crippen LogP contribution in [0.15, 0.2) is 5.38 Å². The van der Waals surface area contributed by atoms with Crippen molar-refractivity contribution in [2.45, 2.75) is 25.1 Å². The second kappa shape index (κ2) is 7.77. The normalized spacial score (nSPS) is 21.4. The third kappa shape index (κ3) is 4.98. The summed E-state index contributed by atoms with van der Waals surface area (Å²) in [6, 6.07) is -0.416. The molecule has 1 fully saturated rings. The molecule has 1 amide bonds. The molecule has 1 aliphatic heterocycles. The molecule has 0 aromatic carbocycles. The molecule has 1 aliphatic rings. The van der Waals surface area contributed by atoms with Crippen molar-refractivity contribution in [3.05, 3.63) is 16.1 Å². The maximum atomic E-state index is 11.8. The molecule has 1 aromatic rings. The van der Waals surface area contributed by atoms with E-state index < -0.39 is 17.9 Å². The number of rotatable bonds is 7. The maximum absolute atomic E-state index is 11.8. The second-order valence-electron chi connectivity index (χ2n) is 4.82. The molecule has 0 bridgehead atoms. The molecule has 0 spiro atoms. The van der Waals surface area contributed by atoms with E-state index in [9.17, 15) is 9.59 Å². The smallest absolute Gasteiger partial charge is 0.311 e. The van der Waals surface area contributed by atoms with Crippen molar-refractivity contribution in [2.24, 2.45) is 5.92 Å². The van der Waals surface area contributed by atoms with Crippen molar-refractivity contribution in [3.8, 4) is 0 Å². The van der Waals surface area contributed by atoms with Crippen LogP contribution in [0.5, 0.6) is 0 Å². The van der Waals surface area contributed by atoms with E-state index >= 15 is 0 Å². The summed E-state index contributed by atoms with van der Waals surface area (Å²) < 4.78 is 5.11. The van der Waals surface area contributed by atoms with Gasteiger partial charge in [0.15, 0.2) is 0 Å². The van der Waals surface area contributed by atoms with Crippen LogP contribution < -0.4 is 5.32 Å². The van der Waals surface area contributed by atoms with Crippen molar-refractivity contribution in [1.29, 1.82) is 0 Å². The van der Waals surface area contributed by atoms with Gasteiger partial charge >= 0.3 is 5.97 Å². The topological polar surface area (TPSA) is 88.5 Å². The first kappa shape index (κ1) is 16.3. The number of carbonyl (C=O) groups is 2. The largest absolute Gasteiger partial charge is 0.481 e. The Morgan fingerprint density at radius 1 is 1.57 bits per heavy atom. The zero-order valence-corrected chi connectivity index (χ0v) is 13.3. The van der Waals surface area contributed by atoms with Gasteiger partial charge < -0.3 is 15.2 Å². The van der Waals surface area contributed by atoms with Crippen LogP contribution in [0, 0.1) is 12.8 Å². The maximum Gasteiger partial charge on any atom is 0.311 e. The first-order valence-corrected chi connectivity index (χ1v) is 8.68. The molecule has 21 heavy (non-hydrogen) atoms. The molecule has 0 saturated carbocycles. The number of amides is 1. The standard InChI is InChI=1S/C13H18N2O4S2/c1-8-14-9(7-21-8)6-20-3-2-12(16)15-11-5-19-4-10(11)13(17)18/h7,10-11H,2-6H2,1H3,(H,15,16)(H,17,18). The lowest BCUT2D eigenvalue weighted by molar-refractivity contribution is -0.142. The van der Waals surface area contributed by atoms with Crippen LogP contribution in [-0.4, -0.2) is 47.0 Å². The van der Waals surface area contributed by atoms with Gasteiger partial charge in [-0.2, -0.15) is 11.8 Å². The van der Waals surface area contributed by atoms with Crippen LogP contribution >= 0.6 is 23.1 Å². The molecule has 1 saturated heterocycles. The molecular weight excluding hydrogens is 312 g/mol. The van der Waals surface area contributed by atoms with Crippen LogP contribution in [0.1, 0.15) is 17.1 Å². The molecule has 2 N–H and O–H groups in total. The number of hydrogen-bond donors (Lipinski definition) is 2. The minimum absolute atomic E-state index is 0.126. The Bertz CT molecular complexity index is 506. The van der Waals surface area contributed by atoms with E-state index in [1.165, 1.54) is 0 Å². The first-order valence-electron chi connectivity index (χ1n) is 6.65. The zero-order valence-electron chi connectivity index (χ0n) is 11.7. The zero-order chi connectivity index (χ0) is 15.2. The summed E-state index contributed by atoms with van der Waals surface area (Å²) in [5, 5.41) is 14.8. The van der Waals surface area contributed by atoms with Gasteiger partial charge in [0.2, 0.25) is 5.91 Å². The molecular formula is C13H18N2O4S2. The molecule has 2 atom stereocenters. The highest BCUT2D eigenvalue weighted by Gasteiger charge is 2.34. The van der Waals surface area contributed by atoms with Crippen LogP contribution in [-0.2, 0) is 20.1 Å². The Hall–Kier alpha value is -1.12. The van der Waals surface area contributed by atoms with E-state index in [1.54, 1.807) is 23.1 Å². The van der Waals surface area contributed by atoms with Crippen LogP contribution in [0.4, 0.5) is 0 Å². The van der Waals surface area contributed by atoms with Crippen molar-refractivity contribution < 1.29 is 19.4 Å². The lowest BCUT2D eigenvalue weighted by Crippen LogP contribution is -2.42. The highest BCUT2D eigenvalue weighted by atomic mass is 32.2. The number of carboxylic acids is 1. The number of thiazole rings is 1. The molecule has 2 heterocycles. The van der Waals surface area contributed by atoms with Gasteiger partial charge in [-0.15, -0.1) is 11.3 Å². The fourth-order valence-electron chi connectivity index (χ4n) is 2.04. The predicted molar refractivity (Wildman–Crippen MR) is 81.5 cm³/mol. The molecule has 1 aromatic heterocycles. The lowest BCUT2D eigenvalue weighted by Gasteiger charge is -2.15. The Morgan fingerprint density at radius 3 is 3.05 bits per heavy atom. The average Bonchev–Trinajstić information content (AvgIpc) is 3.04. The number of hydrogen-bond acceptors (Lipinski definition) is 6. The summed E-state index contributed by atoms with van der Waals surface area (Å²) in [7, 11) is 0. The van der Waals surface area contributed by atoms with Gasteiger partial charge in [0.25, 0.3) is 0 Å². The van der Waals surface area contributed by atoms with Crippen molar-refractivity contribution in [2.75, 3.05) is 19.0 Å². The van der Waals surface area contributed by atoms with Crippen molar-refractivity contribution in [3.63, 3.8) is 0 Å². The van der Waals surface area contributed by atoms with E-state index in [0.717, 1.165) is 16.5 Å². The van der Waals surface area contributed by atoms with Gasteiger partial charge in [-0.05, 0) is 6.92 Å². The summed E-state index contributed by atoms with van der Waals surface area (Å²) in [6.07, 6.45) is 0.372. The predicted octanol–water partition coefficient (Wildman–Crippen LogP) is 1.29. The third-order valence-electron chi connectivity index (χ3n) is 3.13. The van der Waals surface area contributed by atoms with Gasteiger partial charge in [0.05, 0.1) is 30.0 Å². The summed E-state index contributed by atoms with van der Waals surface area (Å²) in [5.74, 6) is -0.209. The summed E-state index contributed by atoms with van der Waals surface area (Å²) >= 11 is 3.27. The third-order valence-corrected chi connectivity index (χ3v) is 4.95. The van der Waals surface area contributed by atoms with Crippen molar-refractivity contribution in [1.82, 2.24) is 10.3 Å². The van der Waals surface area contributed by atoms with Gasteiger partial charge in [0.1, 0.15) is 5.92 Å². The van der Waals surface area contributed by atoms with E-state index in [1.807, 2.05) is 12.3 Å². The molecule has 6 nitrogen and oxygen atoms in total. The molecule has 0 aliphatic carbocycles. The lowest BCUT2D eigenvalue weighted by atomic mass is 10.0. The fraction of sp³-hybridized carbons (Fsp3) is 0.615. The molecule has 8 heteroatoms. The average molecular weight is 330 g/mol. The monoisotopic (exact) mass is 330 g/mol. The van der Waals surface area contributed by atoms with Crippen LogP contribution in [0.2, 0.25) is 0 Å². The Balaban J connectivity index is 1.64. The van der Waals surface area contributed by atoms with Gasteiger partial charge in [-0.3, -0.25) is 9.59 Å². The molecule has 0 radical (unpaired) electrons. The Kier molecular flexibility index (Phi) is 6.01. The van der Waals surface area contributed by atoms with Gasteiger partial charge in [0, 0.05) is 23.3 Å². The summed E-state index contributed by atoms with van der Waals surface area (Å²) in [6.45, 7) is 2.40. The van der Waals surface area contributed by atoms with E-state index in [4.69, 9.17) is 9.84 Å². The minimum Gasteiger partial charge on any atom is -0.481 e. The second-order valence-corrected chi connectivity index (χ2v) is 6.98. The van der Waals surface area contributed by atoms with E-state index in [0.29, 0.717) is 12.2 Å². The number of nitrogens with zero attached hydrogens (tertiary/aromatic N) is 1. The number of aryl methyl sites for hydroxylation is 1. The quantitative estimate of drug-likeness (QED) is 0.733. The highest BCUT2D eigenvalue weighted by Crippen LogP contribution is 2.17. The number of ether oxygens (including phenoxy) is 1. The number of aromatic nitrogens is 1. The number of carbonyl (C=O) groups excluding carboxylic acids is 1. The number of thioether (sulfide) groups is 1. The molecule has 2 unspecified atom stereocenters. The van der Waals surface area contributed by atoms with Gasteiger partial charge in [-0.1, -0.05) is 0 Å². The SMILES string of the molecule is Cc1nc(CSCCC(=O)NC2COCC2C(=O)O)cs1. The minimum atomic E-state index is -0.925.